The zero-order chi connectivity index (χ0) is 11.6. The molecule has 0 amide bonds. The number of aryl methyl sites for hydroxylation is 1. The zero-order valence-corrected chi connectivity index (χ0v) is 9.06. The second-order valence-electron chi connectivity index (χ2n) is 3.68. The SMILES string of the molecule is Cc1ccc(C(O)C(=O)O)cc1N(C)C. The molecule has 0 aromatic heterocycles. The van der Waals surface area contributed by atoms with Crippen LogP contribution in [0.4, 0.5) is 5.69 Å². The monoisotopic (exact) mass is 209 g/mol. The molecule has 1 unspecified atom stereocenters. The normalized spacial score (nSPS) is 12.3. The van der Waals surface area contributed by atoms with Gasteiger partial charge >= 0.3 is 5.97 Å². The van der Waals surface area contributed by atoms with Gasteiger partial charge in [-0.2, -0.15) is 0 Å². The summed E-state index contributed by atoms with van der Waals surface area (Å²) >= 11 is 0. The predicted molar refractivity (Wildman–Crippen MR) is 58.1 cm³/mol. The standard InChI is InChI=1S/C11H15NO3/c1-7-4-5-8(10(13)11(14)15)6-9(7)12(2)3/h4-6,10,13H,1-3H3,(H,14,15). The molecule has 4 nitrogen and oxygen atoms in total. The lowest BCUT2D eigenvalue weighted by atomic mass is 10.1. The van der Waals surface area contributed by atoms with E-state index in [4.69, 9.17) is 5.11 Å². The van der Waals surface area contributed by atoms with Gasteiger partial charge in [-0.1, -0.05) is 12.1 Å². The molecule has 0 saturated heterocycles. The highest BCUT2D eigenvalue weighted by Crippen LogP contribution is 2.23. The molecule has 0 aliphatic rings. The molecule has 0 saturated carbocycles. The third-order valence-electron chi connectivity index (χ3n) is 2.26. The van der Waals surface area contributed by atoms with Crippen LogP contribution in [0.25, 0.3) is 0 Å². The second-order valence-corrected chi connectivity index (χ2v) is 3.68. The maximum Gasteiger partial charge on any atom is 0.337 e. The summed E-state index contributed by atoms with van der Waals surface area (Å²) in [4.78, 5) is 12.5. The molecule has 2 N–H and O–H groups in total. The van der Waals surface area contributed by atoms with E-state index in [0.717, 1.165) is 11.3 Å². The minimum absolute atomic E-state index is 0.400. The maximum atomic E-state index is 10.6. The molecule has 1 rings (SSSR count). The number of hydrogen-bond donors (Lipinski definition) is 2. The minimum Gasteiger partial charge on any atom is -0.479 e. The Hall–Kier alpha value is -1.55. The van der Waals surface area contributed by atoms with Crippen molar-refractivity contribution in [3.63, 3.8) is 0 Å². The van der Waals surface area contributed by atoms with Crippen LogP contribution < -0.4 is 4.90 Å². The number of carboxylic acids is 1. The molecular weight excluding hydrogens is 194 g/mol. The molecule has 82 valence electrons. The molecule has 0 bridgehead atoms. The van der Waals surface area contributed by atoms with Crippen LogP contribution in [-0.4, -0.2) is 30.3 Å². The van der Waals surface area contributed by atoms with Crippen molar-refractivity contribution >= 4 is 11.7 Å². The molecule has 1 atom stereocenters. The van der Waals surface area contributed by atoms with E-state index in [1.54, 1.807) is 18.2 Å². The van der Waals surface area contributed by atoms with Crippen LogP contribution in [0.2, 0.25) is 0 Å². The van der Waals surface area contributed by atoms with E-state index < -0.39 is 12.1 Å². The Morgan fingerprint density at radius 3 is 2.47 bits per heavy atom. The molecule has 1 aromatic carbocycles. The van der Waals surface area contributed by atoms with Crippen LogP contribution in [0.3, 0.4) is 0 Å². The average Bonchev–Trinajstić information content (AvgIpc) is 2.16. The first-order chi connectivity index (χ1) is 6.93. The highest BCUT2D eigenvalue weighted by molar-refractivity contribution is 5.75. The summed E-state index contributed by atoms with van der Waals surface area (Å²) in [5.74, 6) is -1.23. The van der Waals surface area contributed by atoms with Gasteiger partial charge in [-0.05, 0) is 24.1 Å². The molecule has 0 spiro atoms. The number of benzene rings is 1. The Labute approximate surface area is 88.8 Å². The number of carboxylic acid groups (broad SMARTS) is 1. The van der Waals surface area contributed by atoms with E-state index >= 15 is 0 Å². The lowest BCUT2D eigenvalue weighted by molar-refractivity contribution is -0.146. The number of aliphatic hydroxyl groups excluding tert-OH is 1. The van der Waals surface area contributed by atoms with Crippen molar-refractivity contribution in [2.24, 2.45) is 0 Å². The van der Waals surface area contributed by atoms with Crippen molar-refractivity contribution in [1.29, 1.82) is 0 Å². The number of carbonyl (C=O) groups is 1. The van der Waals surface area contributed by atoms with Crippen molar-refractivity contribution in [2.45, 2.75) is 13.0 Å². The van der Waals surface area contributed by atoms with Crippen LogP contribution in [0.15, 0.2) is 18.2 Å². The van der Waals surface area contributed by atoms with Crippen LogP contribution in [-0.2, 0) is 4.79 Å². The smallest absolute Gasteiger partial charge is 0.337 e. The molecular formula is C11H15NO3. The van der Waals surface area contributed by atoms with Crippen LogP contribution in [0.5, 0.6) is 0 Å². The van der Waals surface area contributed by atoms with Crippen LogP contribution >= 0.6 is 0 Å². The molecule has 0 aliphatic heterocycles. The highest BCUT2D eigenvalue weighted by atomic mass is 16.4. The largest absolute Gasteiger partial charge is 0.479 e. The van der Waals surface area contributed by atoms with E-state index in [-0.39, 0.29) is 0 Å². The number of rotatable bonds is 3. The predicted octanol–water partition coefficient (Wildman–Crippen LogP) is 1.18. The Morgan fingerprint density at radius 2 is 2.00 bits per heavy atom. The van der Waals surface area contributed by atoms with Crippen molar-refractivity contribution in [3.8, 4) is 0 Å². The Kier molecular flexibility index (Phi) is 3.31. The summed E-state index contributed by atoms with van der Waals surface area (Å²) in [6, 6.07) is 5.12. The van der Waals surface area contributed by atoms with Gasteiger partial charge in [0.15, 0.2) is 6.10 Å². The zero-order valence-electron chi connectivity index (χ0n) is 9.06. The summed E-state index contributed by atoms with van der Waals surface area (Å²) in [6.45, 7) is 1.94. The summed E-state index contributed by atoms with van der Waals surface area (Å²) in [5, 5.41) is 18.0. The number of anilines is 1. The molecule has 0 fully saturated rings. The van der Waals surface area contributed by atoms with E-state index in [1.807, 2.05) is 25.9 Å². The van der Waals surface area contributed by atoms with Crippen molar-refractivity contribution in [1.82, 2.24) is 0 Å². The molecule has 15 heavy (non-hydrogen) atoms. The lowest BCUT2D eigenvalue weighted by Gasteiger charge is -2.17. The summed E-state index contributed by atoms with van der Waals surface area (Å²) in [7, 11) is 3.75. The van der Waals surface area contributed by atoms with Gasteiger partial charge < -0.3 is 15.1 Å². The number of hydrogen-bond acceptors (Lipinski definition) is 3. The second kappa shape index (κ2) is 4.31. The summed E-state index contributed by atoms with van der Waals surface area (Å²) in [6.07, 6.45) is -1.45. The van der Waals surface area contributed by atoms with Crippen LogP contribution in [0, 0.1) is 6.92 Å². The first kappa shape index (κ1) is 11.5. The maximum absolute atomic E-state index is 10.6. The molecule has 1 aromatic rings. The minimum atomic E-state index is -1.45. The van der Waals surface area contributed by atoms with Gasteiger partial charge in [-0.3, -0.25) is 0 Å². The fourth-order valence-electron chi connectivity index (χ4n) is 1.42. The average molecular weight is 209 g/mol. The first-order valence-corrected chi connectivity index (χ1v) is 4.62. The fourth-order valence-corrected chi connectivity index (χ4v) is 1.42. The number of aliphatic carboxylic acids is 1. The van der Waals surface area contributed by atoms with Crippen molar-refractivity contribution in [2.75, 3.05) is 19.0 Å². The number of nitrogens with zero attached hydrogens (tertiary/aromatic N) is 1. The van der Waals surface area contributed by atoms with E-state index in [2.05, 4.69) is 0 Å². The van der Waals surface area contributed by atoms with Gasteiger partial charge in [0.05, 0.1) is 0 Å². The Morgan fingerprint density at radius 1 is 1.40 bits per heavy atom. The van der Waals surface area contributed by atoms with Crippen molar-refractivity contribution in [3.05, 3.63) is 29.3 Å². The number of aliphatic hydroxyl groups is 1. The Bertz CT molecular complexity index is 374. The van der Waals surface area contributed by atoms with Gasteiger partial charge in [0.2, 0.25) is 0 Å². The van der Waals surface area contributed by atoms with E-state index in [9.17, 15) is 9.90 Å². The quantitative estimate of drug-likeness (QED) is 0.784. The third-order valence-corrected chi connectivity index (χ3v) is 2.26. The summed E-state index contributed by atoms with van der Waals surface area (Å²) < 4.78 is 0. The van der Waals surface area contributed by atoms with Gasteiger partial charge in [-0.25, -0.2) is 4.79 Å². The Balaban J connectivity index is 3.13. The van der Waals surface area contributed by atoms with Crippen LogP contribution in [0.1, 0.15) is 17.2 Å². The topological polar surface area (TPSA) is 60.8 Å². The van der Waals surface area contributed by atoms with Crippen molar-refractivity contribution < 1.29 is 15.0 Å². The molecule has 0 heterocycles. The van der Waals surface area contributed by atoms with Gasteiger partial charge in [0.25, 0.3) is 0 Å². The fraction of sp³-hybridized carbons (Fsp3) is 0.364. The molecule has 0 radical (unpaired) electrons. The van der Waals surface area contributed by atoms with Gasteiger partial charge in [-0.15, -0.1) is 0 Å². The summed E-state index contributed by atoms with van der Waals surface area (Å²) in [5.41, 5.74) is 2.35. The highest BCUT2D eigenvalue weighted by Gasteiger charge is 2.16. The molecule has 0 aliphatic carbocycles. The van der Waals surface area contributed by atoms with E-state index in [1.165, 1.54) is 0 Å². The molecule has 4 heteroatoms. The lowest BCUT2D eigenvalue weighted by Crippen LogP contribution is -2.14. The van der Waals surface area contributed by atoms with Gasteiger partial charge in [0.1, 0.15) is 0 Å². The third kappa shape index (κ3) is 2.47. The first-order valence-electron chi connectivity index (χ1n) is 4.62. The van der Waals surface area contributed by atoms with E-state index in [0.29, 0.717) is 5.56 Å². The van der Waals surface area contributed by atoms with Gasteiger partial charge in [0, 0.05) is 19.8 Å².